The summed E-state index contributed by atoms with van der Waals surface area (Å²) in [4.78, 5) is 84.7. The fourth-order valence-electron chi connectivity index (χ4n) is 8.76. The standard InChI is InChI=1S/C55H40Cl2N4O12/c1-4-58-29-10-14-34-42(20-29)72-43-21-30(61(2)3)11-15-35(43)46(34)47-40(56)23-38(49(57)48(47)55(70)71)52(65)59-24-26-5-7-27(8-6-26)51(64)60-25-39-41(63)18-17-36-45(33-16-12-31(62)22-44(33)73-50(36)39)37-19-28(53(66)67)9-13-32(37)54(68)69/h5-23,62H,4,24-25H2,1-3H3,(H,59,65)(H,60,64)(H,66,67)(H,68,69)(H,70,71). The number of carbonyl (C=O) groups excluding carboxylic acids is 2. The highest BCUT2D eigenvalue weighted by molar-refractivity contribution is 6.41. The van der Waals surface area contributed by atoms with Crippen LogP contribution in [0.1, 0.15) is 69.8 Å². The summed E-state index contributed by atoms with van der Waals surface area (Å²) < 4.78 is 12.5. The van der Waals surface area contributed by atoms with Crippen LogP contribution in [0, 0.1) is 0 Å². The molecule has 0 aromatic heterocycles. The molecule has 0 unspecified atom stereocenters. The van der Waals surface area contributed by atoms with Crippen LogP contribution in [0.25, 0.3) is 66.8 Å². The summed E-state index contributed by atoms with van der Waals surface area (Å²) in [7, 11) is 3.76. The zero-order valence-corrected chi connectivity index (χ0v) is 40.3. The third-order valence-electron chi connectivity index (χ3n) is 12.3. The number of carboxylic acids is 3. The Morgan fingerprint density at radius 2 is 1.32 bits per heavy atom. The van der Waals surface area contributed by atoms with E-state index in [4.69, 9.17) is 32.0 Å². The van der Waals surface area contributed by atoms with E-state index in [-0.39, 0.29) is 90.3 Å². The molecule has 0 spiro atoms. The second-order valence-electron chi connectivity index (χ2n) is 17.0. The lowest BCUT2D eigenvalue weighted by molar-refractivity contribution is 0.0682. The maximum Gasteiger partial charge on any atom is 0.337 e. The van der Waals surface area contributed by atoms with E-state index >= 15 is 0 Å². The molecule has 366 valence electrons. The van der Waals surface area contributed by atoms with E-state index in [1.54, 1.807) is 36.4 Å². The van der Waals surface area contributed by atoms with E-state index < -0.39 is 40.7 Å². The molecule has 0 saturated heterocycles. The zero-order chi connectivity index (χ0) is 52.0. The van der Waals surface area contributed by atoms with Crippen LogP contribution in [0.5, 0.6) is 5.75 Å². The van der Waals surface area contributed by atoms with Gasteiger partial charge in [0.15, 0.2) is 5.43 Å². The third kappa shape index (κ3) is 9.28. The molecule has 2 heterocycles. The van der Waals surface area contributed by atoms with Crippen molar-refractivity contribution < 1.29 is 53.2 Å². The molecule has 0 atom stereocenters. The number of carboxylic acid groups (broad SMARTS) is 3. The number of hydrogen-bond donors (Lipinski definition) is 6. The molecule has 73 heavy (non-hydrogen) atoms. The van der Waals surface area contributed by atoms with Crippen LogP contribution < -0.4 is 26.3 Å². The van der Waals surface area contributed by atoms with Crippen LogP contribution >= 0.6 is 23.2 Å². The number of fused-ring (bicyclic) bond motifs is 4. The van der Waals surface area contributed by atoms with Crippen LogP contribution in [0.2, 0.25) is 10.0 Å². The first-order valence-corrected chi connectivity index (χ1v) is 23.1. The van der Waals surface area contributed by atoms with Gasteiger partial charge in [0.25, 0.3) is 11.8 Å². The number of aromatic carboxylic acids is 3. The van der Waals surface area contributed by atoms with Crippen LogP contribution in [-0.4, -0.2) is 70.8 Å². The second kappa shape index (κ2) is 19.7. The van der Waals surface area contributed by atoms with Crippen LogP contribution in [0.3, 0.4) is 0 Å². The SMILES string of the molecule is CCN=c1ccc2c(-c3c(Cl)cc(C(=O)NCc4ccc(C(=O)NCc5c6oc7cc(O)ccc7c(-c7cc(C(=O)O)ccc7C(=O)O)c-6ccc5=O)cc4)c(Cl)c3C(=O)O)c3ccc(N(C)C)cc3oc-2c1. The summed E-state index contributed by atoms with van der Waals surface area (Å²) >= 11 is 13.8. The Hall–Kier alpha value is -8.99. The molecule has 4 aliphatic rings. The van der Waals surface area contributed by atoms with Gasteiger partial charge in [-0.25, -0.2) is 14.4 Å². The van der Waals surface area contributed by atoms with E-state index in [0.717, 1.165) is 11.8 Å². The van der Waals surface area contributed by atoms with Gasteiger partial charge in [0, 0.05) is 95.2 Å². The van der Waals surface area contributed by atoms with Gasteiger partial charge in [-0.15, -0.1) is 0 Å². The average Bonchev–Trinajstić information content (AvgIpc) is 3.36. The summed E-state index contributed by atoms with van der Waals surface area (Å²) in [5.41, 5.74) is 2.02. The Morgan fingerprint density at radius 3 is 2.01 bits per heavy atom. The largest absolute Gasteiger partial charge is 0.508 e. The van der Waals surface area contributed by atoms with Crippen molar-refractivity contribution in [2.75, 3.05) is 25.5 Å². The van der Waals surface area contributed by atoms with Gasteiger partial charge in [-0.3, -0.25) is 19.4 Å². The lowest BCUT2D eigenvalue weighted by Gasteiger charge is -2.21. The highest BCUT2D eigenvalue weighted by Gasteiger charge is 2.30. The van der Waals surface area contributed by atoms with Gasteiger partial charge in [0.05, 0.1) is 49.8 Å². The molecule has 16 nitrogen and oxygen atoms in total. The number of phenolic OH excluding ortho intramolecular Hbond substituents is 1. The molecule has 9 rings (SSSR count). The number of amides is 2. The fourth-order valence-corrected chi connectivity index (χ4v) is 9.38. The molecule has 0 fully saturated rings. The maximum atomic E-state index is 13.8. The number of nitrogens with one attached hydrogen (secondary N) is 2. The summed E-state index contributed by atoms with van der Waals surface area (Å²) in [6.45, 7) is 1.99. The first-order chi connectivity index (χ1) is 34.9. The molecule has 0 bridgehead atoms. The minimum absolute atomic E-state index is 0.0160. The van der Waals surface area contributed by atoms with E-state index in [9.17, 15) is 49.2 Å². The maximum absolute atomic E-state index is 13.8. The first-order valence-electron chi connectivity index (χ1n) is 22.4. The smallest absolute Gasteiger partial charge is 0.337 e. The summed E-state index contributed by atoms with van der Waals surface area (Å²) in [5.74, 6) is -5.21. The van der Waals surface area contributed by atoms with Crippen LogP contribution in [-0.2, 0) is 13.1 Å². The van der Waals surface area contributed by atoms with Gasteiger partial charge in [-0.2, -0.15) is 0 Å². The van der Waals surface area contributed by atoms with E-state index in [0.29, 0.717) is 50.7 Å². The van der Waals surface area contributed by atoms with Crippen molar-refractivity contribution in [3.8, 4) is 50.7 Å². The quantitative estimate of drug-likeness (QED) is 0.0589. The van der Waals surface area contributed by atoms with Gasteiger partial charge >= 0.3 is 17.9 Å². The number of aromatic hydroxyl groups is 1. The monoisotopic (exact) mass is 1020 g/mol. The third-order valence-corrected chi connectivity index (χ3v) is 13.0. The van der Waals surface area contributed by atoms with Crippen molar-refractivity contribution in [1.82, 2.24) is 10.6 Å². The Labute approximate surface area is 423 Å². The van der Waals surface area contributed by atoms with Crippen molar-refractivity contribution in [2.45, 2.75) is 20.0 Å². The number of nitrogens with zero attached hydrogens (tertiary/aromatic N) is 2. The highest BCUT2D eigenvalue weighted by Crippen LogP contribution is 2.48. The zero-order valence-electron chi connectivity index (χ0n) is 38.8. The van der Waals surface area contributed by atoms with E-state index in [2.05, 4.69) is 15.6 Å². The molecule has 2 amide bonds. The molecule has 5 aromatic carbocycles. The molecule has 6 N–H and O–H groups in total. The predicted molar refractivity (Wildman–Crippen MR) is 275 cm³/mol. The lowest BCUT2D eigenvalue weighted by atomic mass is 9.88. The molecule has 0 saturated carbocycles. The highest BCUT2D eigenvalue weighted by atomic mass is 35.5. The van der Waals surface area contributed by atoms with Crippen molar-refractivity contribution in [2.24, 2.45) is 4.99 Å². The minimum atomic E-state index is -1.42. The van der Waals surface area contributed by atoms with Crippen molar-refractivity contribution in [3.63, 3.8) is 0 Å². The predicted octanol–water partition coefficient (Wildman–Crippen LogP) is 10.0. The summed E-state index contributed by atoms with van der Waals surface area (Å²) in [5, 5.41) is 47.5. The molecule has 2 aliphatic carbocycles. The number of halogens is 2. The van der Waals surface area contributed by atoms with Crippen molar-refractivity contribution in [3.05, 3.63) is 180 Å². The van der Waals surface area contributed by atoms with Crippen LogP contribution in [0.15, 0.2) is 134 Å². The van der Waals surface area contributed by atoms with Gasteiger partial charge in [-0.1, -0.05) is 35.3 Å². The summed E-state index contributed by atoms with van der Waals surface area (Å²) in [6.07, 6.45) is 0. The topological polar surface area (TPSA) is 249 Å². The lowest BCUT2D eigenvalue weighted by Crippen LogP contribution is -2.27. The molecular weight excluding hydrogens is 980 g/mol. The van der Waals surface area contributed by atoms with Gasteiger partial charge < -0.3 is 44.8 Å². The van der Waals surface area contributed by atoms with E-state index in [1.807, 2.05) is 38.1 Å². The Bertz CT molecular complexity index is 3860. The van der Waals surface area contributed by atoms with Gasteiger partial charge in [-0.05, 0) is 103 Å². The molecule has 2 aliphatic heterocycles. The number of benzene rings is 7. The van der Waals surface area contributed by atoms with Crippen molar-refractivity contribution >= 4 is 80.6 Å². The molecule has 0 radical (unpaired) electrons. The Morgan fingerprint density at radius 1 is 0.630 bits per heavy atom. The summed E-state index contributed by atoms with van der Waals surface area (Å²) in [6, 6.07) is 28.5. The number of carbonyl (C=O) groups is 5. The number of hydrogen-bond acceptors (Lipinski definition) is 11. The average molecular weight is 1020 g/mol. The number of phenols is 1. The van der Waals surface area contributed by atoms with Gasteiger partial charge in [0.1, 0.15) is 28.4 Å². The van der Waals surface area contributed by atoms with Crippen molar-refractivity contribution in [1.29, 1.82) is 0 Å². The first kappa shape index (κ1) is 49.0. The Kier molecular flexibility index (Phi) is 13.2. The number of rotatable bonds is 13. The van der Waals surface area contributed by atoms with Crippen LogP contribution in [0.4, 0.5) is 5.69 Å². The molecule has 18 heteroatoms. The minimum Gasteiger partial charge on any atom is -0.508 e. The molecular formula is C55H40Cl2N4O12. The Balaban J connectivity index is 0.967. The van der Waals surface area contributed by atoms with Gasteiger partial charge in [0.2, 0.25) is 0 Å². The second-order valence-corrected chi connectivity index (χ2v) is 17.8. The number of anilines is 1. The fraction of sp³-hybridized carbons (Fsp3) is 0.109. The normalized spacial score (nSPS) is 11.6. The van der Waals surface area contributed by atoms with E-state index in [1.165, 1.54) is 60.7 Å². The molecule has 5 aromatic rings.